The van der Waals surface area contributed by atoms with Gasteiger partial charge in [0.2, 0.25) is 11.8 Å². The van der Waals surface area contributed by atoms with Crippen molar-refractivity contribution in [3.05, 3.63) is 29.5 Å². The van der Waals surface area contributed by atoms with Crippen molar-refractivity contribution < 1.29 is 19.4 Å². The highest BCUT2D eigenvalue weighted by atomic mass is 16.5. The van der Waals surface area contributed by atoms with Gasteiger partial charge in [-0.1, -0.05) is 19.4 Å². The van der Waals surface area contributed by atoms with Crippen molar-refractivity contribution in [1.29, 1.82) is 0 Å². The standard InChI is InChI=1S/C25H35N3O4/c1-16-13-28(17(2)15-29)25(31)21-11-20(18-7-4-5-8-18)12-26-23(21)32-22(16)14-27(3)24(30)19-9-6-10-19/h7,11-12,16-17,19,22,29H,4-6,8-10,13-15H2,1-3H3/t16-,17-,22+/m0/s1. The van der Waals surface area contributed by atoms with Crippen LogP contribution in [0.4, 0.5) is 0 Å². The third-order valence-electron chi connectivity index (χ3n) is 7.22. The Hall–Kier alpha value is -2.41. The van der Waals surface area contributed by atoms with Gasteiger partial charge in [0.05, 0.1) is 19.2 Å². The molecule has 3 atom stereocenters. The van der Waals surface area contributed by atoms with Crippen LogP contribution in [0.3, 0.4) is 0 Å². The third kappa shape index (κ3) is 4.53. The Morgan fingerprint density at radius 3 is 2.78 bits per heavy atom. The molecule has 1 aromatic heterocycles. The second kappa shape index (κ2) is 9.61. The molecule has 1 aliphatic heterocycles. The van der Waals surface area contributed by atoms with Crippen LogP contribution in [0.5, 0.6) is 5.88 Å². The Kier molecular flexibility index (Phi) is 6.84. The van der Waals surface area contributed by atoms with Gasteiger partial charge in [-0.3, -0.25) is 9.59 Å². The minimum atomic E-state index is -0.319. The quantitative estimate of drug-likeness (QED) is 0.733. The van der Waals surface area contributed by atoms with Gasteiger partial charge in [0.1, 0.15) is 11.7 Å². The van der Waals surface area contributed by atoms with Gasteiger partial charge in [-0.25, -0.2) is 4.98 Å². The van der Waals surface area contributed by atoms with E-state index in [9.17, 15) is 14.7 Å². The molecule has 7 nitrogen and oxygen atoms in total. The van der Waals surface area contributed by atoms with Crippen molar-refractivity contribution in [2.24, 2.45) is 11.8 Å². The Morgan fingerprint density at radius 2 is 2.16 bits per heavy atom. The van der Waals surface area contributed by atoms with E-state index in [1.54, 1.807) is 16.0 Å². The lowest BCUT2D eigenvalue weighted by Gasteiger charge is -2.38. The zero-order valence-corrected chi connectivity index (χ0v) is 19.4. The van der Waals surface area contributed by atoms with Crippen LogP contribution < -0.4 is 4.74 Å². The fourth-order valence-electron chi connectivity index (χ4n) is 4.76. The SMILES string of the molecule is C[C@H]1CN([C@@H](C)CO)C(=O)c2cc(C3=CCCC3)cnc2O[C@@H]1CN(C)C(=O)C1CCC1. The smallest absolute Gasteiger partial charge is 0.259 e. The number of hydrogen-bond donors (Lipinski definition) is 1. The second-order valence-corrected chi connectivity index (χ2v) is 9.67. The van der Waals surface area contributed by atoms with Gasteiger partial charge < -0.3 is 19.6 Å². The minimum absolute atomic E-state index is 0.0308. The number of carbonyl (C=O) groups excluding carboxylic acids is 2. The predicted molar refractivity (Wildman–Crippen MR) is 122 cm³/mol. The van der Waals surface area contributed by atoms with Gasteiger partial charge in [-0.15, -0.1) is 0 Å². The number of ether oxygens (including phenoxy) is 1. The van der Waals surface area contributed by atoms with Crippen LogP contribution in [0.15, 0.2) is 18.3 Å². The fraction of sp³-hybridized carbons (Fsp3) is 0.640. The summed E-state index contributed by atoms with van der Waals surface area (Å²) in [4.78, 5) is 34.3. The Morgan fingerprint density at radius 1 is 1.38 bits per heavy atom. The van der Waals surface area contributed by atoms with Crippen molar-refractivity contribution >= 4 is 17.4 Å². The molecule has 0 saturated heterocycles. The first-order chi connectivity index (χ1) is 15.4. The first-order valence-corrected chi connectivity index (χ1v) is 11.9. The Balaban J connectivity index is 1.64. The largest absolute Gasteiger partial charge is 0.472 e. The van der Waals surface area contributed by atoms with E-state index in [4.69, 9.17) is 4.74 Å². The minimum Gasteiger partial charge on any atom is -0.472 e. The number of amides is 2. The maximum absolute atomic E-state index is 13.5. The van der Waals surface area contributed by atoms with E-state index in [0.29, 0.717) is 24.5 Å². The highest BCUT2D eigenvalue weighted by molar-refractivity contribution is 5.97. The number of hydrogen-bond acceptors (Lipinski definition) is 5. The summed E-state index contributed by atoms with van der Waals surface area (Å²) < 4.78 is 6.32. The molecule has 0 radical (unpaired) electrons. The summed E-state index contributed by atoms with van der Waals surface area (Å²) in [6, 6.07) is 1.56. The number of rotatable bonds is 6. The van der Waals surface area contributed by atoms with Crippen molar-refractivity contribution in [1.82, 2.24) is 14.8 Å². The van der Waals surface area contributed by atoms with Crippen LogP contribution in [0.25, 0.3) is 5.57 Å². The molecule has 4 rings (SSSR count). The number of nitrogens with zero attached hydrogens (tertiary/aromatic N) is 3. The molecule has 2 aliphatic carbocycles. The van der Waals surface area contributed by atoms with Gasteiger partial charge in [-0.2, -0.15) is 0 Å². The number of aliphatic hydroxyl groups is 1. The molecular formula is C25H35N3O4. The molecule has 1 saturated carbocycles. The molecule has 1 aromatic rings. The third-order valence-corrected chi connectivity index (χ3v) is 7.22. The highest BCUT2D eigenvalue weighted by Gasteiger charge is 2.36. The summed E-state index contributed by atoms with van der Waals surface area (Å²) >= 11 is 0. The number of fused-ring (bicyclic) bond motifs is 1. The van der Waals surface area contributed by atoms with Crippen LogP contribution in [0.1, 0.15) is 68.3 Å². The van der Waals surface area contributed by atoms with E-state index in [0.717, 1.165) is 44.1 Å². The van der Waals surface area contributed by atoms with E-state index >= 15 is 0 Å². The summed E-state index contributed by atoms with van der Waals surface area (Å²) in [5.74, 6) is 0.412. The average molecular weight is 442 g/mol. The molecule has 0 aromatic carbocycles. The molecule has 0 unspecified atom stereocenters. The number of carbonyl (C=O) groups is 2. The van der Waals surface area contributed by atoms with Crippen LogP contribution in [0.2, 0.25) is 0 Å². The summed E-state index contributed by atoms with van der Waals surface area (Å²) in [7, 11) is 1.83. The lowest BCUT2D eigenvalue weighted by atomic mass is 9.84. The molecule has 0 bridgehead atoms. The van der Waals surface area contributed by atoms with Gasteiger partial charge in [0.25, 0.3) is 5.91 Å². The van der Waals surface area contributed by atoms with Crippen LogP contribution in [0, 0.1) is 11.8 Å². The maximum Gasteiger partial charge on any atom is 0.259 e. The Labute approximate surface area is 190 Å². The molecule has 7 heteroatoms. The zero-order valence-electron chi connectivity index (χ0n) is 19.4. The monoisotopic (exact) mass is 441 g/mol. The van der Waals surface area contributed by atoms with Crippen LogP contribution in [-0.2, 0) is 4.79 Å². The van der Waals surface area contributed by atoms with E-state index in [1.807, 2.05) is 27.0 Å². The van der Waals surface area contributed by atoms with E-state index in [1.165, 1.54) is 5.57 Å². The first-order valence-electron chi connectivity index (χ1n) is 11.9. The summed E-state index contributed by atoms with van der Waals surface area (Å²) in [6.45, 7) is 4.66. The topological polar surface area (TPSA) is 83.0 Å². The maximum atomic E-state index is 13.5. The molecule has 1 N–H and O–H groups in total. The van der Waals surface area contributed by atoms with Crippen molar-refractivity contribution in [3.63, 3.8) is 0 Å². The lowest BCUT2D eigenvalue weighted by Crippen LogP contribution is -2.51. The highest BCUT2D eigenvalue weighted by Crippen LogP contribution is 2.33. The molecule has 0 spiro atoms. The van der Waals surface area contributed by atoms with Crippen molar-refractivity contribution in [3.8, 4) is 5.88 Å². The number of aliphatic hydroxyl groups excluding tert-OH is 1. The lowest BCUT2D eigenvalue weighted by molar-refractivity contribution is -0.138. The van der Waals surface area contributed by atoms with E-state index < -0.39 is 0 Å². The fourth-order valence-corrected chi connectivity index (χ4v) is 4.76. The molecular weight excluding hydrogens is 406 g/mol. The van der Waals surface area contributed by atoms with Crippen molar-refractivity contribution in [2.45, 2.75) is 64.5 Å². The van der Waals surface area contributed by atoms with Crippen LogP contribution in [-0.4, -0.2) is 70.6 Å². The van der Waals surface area contributed by atoms with Crippen LogP contribution >= 0.6 is 0 Å². The van der Waals surface area contributed by atoms with Gasteiger partial charge >= 0.3 is 0 Å². The van der Waals surface area contributed by atoms with E-state index in [2.05, 4.69) is 11.1 Å². The predicted octanol–water partition coefficient (Wildman–Crippen LogP) is 3.13. The first kappa shape index (κ1) is 22.8. The Bertz CT molecular complexity index is 895. The summed E-state index contributed by atoms with van der Waals surface area (Å²) in [6.07, 6.45) is 9.89. The summed E-state index contributed by atoms with van der Waals surface area (Å²) in [5.41, 5.74) is 2.60. The number of aromatic nitrogens is 1. The number of likely N-dealkylation sites (N-methyl/N-ethyl adjacent to an activating group) is 1. The molecule has 3 aliphatic rings. The molecule has 2 amide bonds. The van der Waals surface area contributed by atoms with Gasteiger partial charge in [0, 0.05) is 31.6 Å². The van der Waals surface area contributed by atoms with Gasteiger partial charge in [0.15, 0.2) is 0 Å². The second-order valence-electron chi connectivity index (χ2n) is 9.67. The number of allylic oxidation sites excluding steroid dienone is 2. The molecule has 1 fully saturated rings. The van der Waals surface area contributed by atoms with Crippen molar-refractivity contribution in [2.75, 3.05) is 26.7 Å². The zero-order chi connectivity index (χ0) is 22.8. The summed E-state index contributed by atoms with van der Waals surface area (Å²) in [5, 5.41) is 9.80. The van der Waals surface area contributed by atoms with Gasteiger partial charge in [-0.05, 0) is 56.2 Å². The molecule has 32 heavy (non-hydrogen) atoms. The molecule has 2 heterocycles. The van der Waals surface area contributed by atoms with E-state index in [-0.39, 0.29) is 42.4 Å². The molecule has 174 valence electrons. The average Bonchev–Trinajstić information content (AvgIpc) is 3.29. The number of pyridine rings is 1. The normalized spacial score (nSPS) is 24.6.